The molecule has 0 N–H and O–H groups in total. The predicted octanol–water partition coefficient (Wildman–Crippen LogP) is 2.78. The molecule has 1 aliphatic heterocycles. The normalized spacial score (nSPS) is 33.0. The van der Waals surface area contributed by atoms with E-state index < -0.39 is 12.5 Å². The molecule has 0 radical (unpaired) electrons. The Balaban J connectivity index is 2.65. The Hall–Kier alpha value is -0.290. The van der Waals surface area contributed by atoms with Gasteiger partial charge in [0, 0.05) is 11.6 Å². The third-order valence-electron chi connectivity index (χ3n) is 3.25. The van der Waals surface area contributed by atoms with Crippen molar-refractivity contribution in [2.45, 2.75) is 57.7 Å². The Morgan fingerprint density at radius 1 is 1.33 bits per heavy atom. The molecule has 0 aliphatic carbocycles. The molecule has 0 aromatic carbocycles. The van der Waals surface area contributed by atoms with Crippen LogP contribution >= 0.6 is 0 Å². The van der Waals surface area contributed by atoms with Crippen LogP contribution < -0.4 is 0 Å². The second kappa shape index (κ2) is 3.94. The van der Waals surface area contributed by atoms with Crippen LogP contribution in [0.5, 0.6) is 0 Å². The van der Waals surface area contributed by atoms with Crippen LogP contribution in [0.4, 0.5) is 13.2 Å². The molecule has 0 amide bonds. The molecule has 90 valence electrons. The Labute approximate surface area is 88.4 Å². The molecule has 1 rings (SSSR count). The highest BCUT2D eigenvalue weighted by atomic mass is 19.4. The lowest BCUT2D eigenvalue weighted by Crippen LogP contribution is -2.54. The number of piperidine rings is 1. The Bertz CT molecular complexity index is 227. The maximum atomic E-state index is 12.1. The van der Waals surface area contributed by atoms with Gasteiger partial charge in [0.25, 0.3) is 0 Å². The predicted molar refractivity (Wildman–Crippen MR) is 51.5 cm³/mol. The van der Waals surface area contributed by atoms with Crippen molar-refractivity contribution in [1.29, 1.82) is 0 Å². The number of nitrogens with zero attached hydrogens (tertiary/aromatic N) is 1. The van der Waals surface area contributed by atoms with Crippen molar-refractivity contribution >= 4 is 0 Å². The van der Waals surface area contributed by atoms with E-state index in [4.69, 9.17) is 0 Å². The fourth-order valence-corrected chi connectivity index (χ4v) is 2.20. The SMILES string of the molecule is C[C@@H]1CC(OC(F)(F)F)CC(C)(C)N1C. The molecule has 2 atom stereocenters. The summed E-state index contributed by atoms with van der Waals surface area (Å²) in [7, 11) is 1.94. The van der Waals surface area contributed by atoms with E-state index in [0.29, 0.717) is 12.8 Å². The summed E-state index contributed by atoms with van der Waals surface area (Å²) in [5, 5.41) is 0. The van der Waals surface area contributed by atoms with E-state index in [1.165, 1.54) is 0 Å². The molecule has 1 heterocycles. The minimum Gasteiger partial charge on any atom is -0.298 e. The molecule has 2 nitrogen and oxygen atoms in total. The van der Waals surface area contributed by atoms with Gasteiger partial charge in [-0.05, 0) is 40.7 Å². The summed E-state index contributed by atoms with van der Waals surface area (Å²) in [4.78, 5) is 2.10. The summed E-state index contributed by atoms with van der Waals surface area (Å²) in [5.41, 5.74) is -0.242. The first-order valence-electron chi connectivity index (χ1n) is 5.09. The molecular weight excluding hydrogens is 207 g/mol. The van der Waals surface area contributed by atoms with Crippen molar-refractivity contribution in [2.75, 3.05) is 7.05 Å². The van der Waals surface area contributed by atoms with Gasteiger partial charge in [-0.1, -0.05) is 0 Å². The van der Waals surface area contributed by atoms with Crippen molar-refractivity contribution in [3.63, 3.8) is 0 Å². The Morgan fingerprint density at radius 2 is 1.87 bits per heavy atom. The molecule has 1 fully saturated rings. The summed E-state index contributed by atoms with van der Waals surface area (Å²) >= 11 is 0. The number of likely N-dealkylation sites (tertiary alicyclic amines) is 1. The lowest BCUT2D eigenvalue weighted by molar-refractivity contribution is -0.349. The van der Waals surface area contributed by atoms with Gasteiger partial charge in [-0.3, -0.25) is 9.64 Å². The number of hydrogen-bond donors (Lipinski definition) is 0. The van der Waals surface area contributed by atoms with Gasteiger partial charge in [0.15, 0.2) is 0 Å². The maximum absolute atomic E-state index is 12.1. The van der Waals surface area contributed by atoms with E-state index in [-0.39, 0.29) is 11.6 Å². The first kappa shape index (κ1) is 12.8. The molecule has 5 heteroatoms. The van der Waals surface area contributed by atoms with Gasteiger partial charge in [0.2, 0.25) is 0 Å². The smallest absolute Gasteiger partial charge is 0.298 e. The number of hydrogen-bond acceptors (Lipinski definition) is 2. The third kappa shape index (κ3) is 3.34. The summed E-state index contributed by atoms with van der Waals surface area (Å²) in [6.07, 6.45) is -4.39. The number of rotatable bonds is 1. The molecule has 0 aromatic rings. The van der Waals surface area contributed by atoms with E-state index in [1.807, 2.05) is 27.8 Å². The summed E-state index contributed by atoms with van der Waals surface area (Å²) < 4.78 is 40.3. The fourth-order valence-electron chi connectivity index (χ4n) is 2.20. The van der Waals surface area contributed by atoms with Crippen molar-refractivity contribution in [1.82, 2.24) is 4.90 Å². The number of alkyl halides is 3. The zero-order valence-corrected chi connectivity index (χ0v) is 9.56. The molecule has 1 unspecified atom stereocenters. The maximum Gasteiger partial charge on any atom is 0.522 e. The Morgan fingerprint density at radius 3 is 2.27 bits per heavy atom. The van der Waals surface area contributed by atoms with E-state index >= 15 is 0 Å². The van der Waals surface area contributed by atoms with Crippen LogP contribution in [0.2, 0.25) is 0 Å². The molecule has 1 saturated heterocycles. The lowest BCUT2D eigenvalue weighted by Gasteiger charge is -2.47. The number of ether oxygens (including phenoxy) is 1. The van der Waals surface area contributed by atoms with Crippen LogP contribution in [0.15, 0.2) is 0 Å². The average molecular weight is 225 g/mol. The zero-order chi connectivity index (χ0) is 11.9. The quantitative estimate of drug-likeness (QED) is 0.680. The summed E-state index contributed by atoms with van der Waals surface area (Å²) in [6, 6.07) is 0.112. The van der Waals surface area contributed by atoms with E-state index in [2.05, 4.69) is 9.64 Å². The summed E-state index contributed by atoms with van der Waals surface area (Å²) in [6.45, 7) is 5.80. The van der Waals surface area contributed by atoms with Crippen molar-refractivity contribution in [3.8, 4) is 0 Å². The molecule has 0 bridgehead atoms. The van der Waals surface area contributed by atoms with Gasteiger partial charge in [-0.25, -0.2) is 0 Å². The van der Waals surface area contributed by atoms with E-state index in [1.54, 1.807) is 0 Å². The minimum absolute atomic E-state index is 0.112. The molecule has 15 heavy (non-hydrogen) atoms. The van der Waals surface area contributed by atoms with Gasteiger partial charge in [-0.2, -0.15) is 0 Å². The van der Waals surface area contributed by atoms with Crippen LogP contribution in [0.1, 0.15) is 33.6 Å². The van der Waals surface area contributed by atoms with Gasteiger partial charge >= 0.3 is 6.36 Å². The van der Waals surface area contributed by atoms with Crippen molar-refractivity contribution in [2.24, 2.45) is 0 Å². The van der Waals surface area contributed by atoms with Gasteiger partial charge in [0.1, 0.15) is 0 Å². The zero-order valence-electron chi connectivity index (χ0n) is 9.56. The number of halogens is 3. The van der Waals surface area contributed by atoms with Gasteiger partial charge in [-0.15, -0.1) is 13.2 Å². The molecule has 0 saturated carbocycles. The molecule has 0 spiro atoms. The first-order valence-corrected chi connectivity index (χ1v) is 5.09. The fraction of sp³-hybridized carbons (Fsp3) is 1.00. The molecular formula is C10H18F3NO. The van der Waals surface area contributed by atoms with Crippen LogP contribution in [0, 0.1) is 0 Å². The first-order chi connectivity index (χ1) is 6.62. The second-order valence-electron chi connectivity index (χ2n) is 4.90. The highest BCUT2D eigenvalue weighted by Crippen LogP contribution is 2.34. The van der Waals surface area contributed by atoms with Crippen LogP contribution in [-0.2, 0) is 4.74 Å². The highest BCUT2D eigenvalue weighted by Gasteiger charge is 2.42. The third-order valence-corrected chi connectivity index (χ3v) is 3.25. The molecule has 0 aromatic heterocycles. The largest absolute Gasteiger partial charge is 0.522 e. The Kier molecular flexibility index (Phi) is 3.36. The highest BCUT2D eigenvalue weighted by molar-refractivity contribution is 4.92. The summed E-state index contributed by atoms with van der Waals surface area (Å²) in [5.74, 6) is 0. The van der Waals surface area contributed by atoms with Crippen molar-refractivity contribution < 1.29 is 17.9 Å². The van der Waals surface area contributed by atoms with Gasteiger partial charge in [0.05, 0.1) is 6.10 Å². The lowest BCUT2D eigenvalue weighted by atomic mass is 9.85. The average Bonchev–Trinajstić information content (AvgIpc) is 1.95. The van der Waals surface area contributed by atoms with Gasteiger partial charge < -0.3 is 0 Å². The van der Waals surface area contributed by atoms with Crippen LogP contribution in [0.3, 0.4) is 0 Å². The minimum atomic E-state index is -4.52. The topological polar surface area (TPSA) is 12.5 Å². The van der Waals surface area contributed by atoms with E-state index in [9.17, 15) is 13.2 Å². The second-order valence-corrected chi connectivity index (χ2v) is 4.90. The van der Waals surface area contributed by atoms with Crippen LogP contribution in [-0.4, -0.2) is 36.0 Å². The standard InChI is InChI=1S/C10H18F3NO/c1-7-5-8(15-10(11,12)13)6-9(2,3)14(7)4/h7-8H,5-6H2,1-4H3/t7-,8?/m1/s1. The van der Waals surface area contributed by atoms with Crippen LogP contribution in [0.25, 0.3) is 0 Å². The van der Waals surface area contributed by atoms with E-state index in [0.717, 1.165) is 0 Å². The molecule has 1 aliphatic rings. The monoisotopic (exact) mass is 225 g/mol. The van der Waals surface area contributed by atoms with Crippen molar-refractivity contribution in [3.05, 3.63) is 0 Å².